The number of hydrogen-bond acceptors (Lipinski definition) is 10. The first kappa shape index (κ1) is 39.3. The summed E-state index contributed by atoms with van der Waals surface area (Å²) in [6.45, 7) is 0.632. The number of aliphatic hydroxyl groups is 2. The number of aliphatic hydroxyl groups excluding tert-OH is 2. The number of benzene rings is 5. The molecule has 0 spiro atoms. The van der Waals surface area contributed by atoms with Crippen molar-refractivity contribution in [1.82, 2.24) is 0 Å². The highest BCUT2D eigenvalue weighted by Crippen LogP contribution is 2.54. The average Bonchev–Trinajstić information content (AvgIpc) is 3.94. The van der Waals surface area contributed by atoms with Gasteiger partial charge in [-0.3, -0.25) is 0 Å². The second-order valence-electron chi connectivity index (χ2n) is 16.9. The van der Waals surface area contributed by atoms with Crippen LogP contribution in [0.15, 0.2) is 78.9 Å². The number of fused-ring (bicyclic) bond motifs is 4. The van der Waals surface area contributed by atoms with E-state index in [-0.39, 0.29) is 36.1 Å². The zero-order chi connectivity index (χ0) is 40.6. The highest BCUT2D eigenvalue weighted by molar-refractivity contribution is 5.96. The zero-order valence-electron chi connectivity index (χ0n) is 33.5. The minimum Gasteiger partial charge on any atom is -0.508 e. The second-order valence-corrected chi connectivity index (χ2v) is 16.9. The van der Waals surface area contributed by atoms with Crippen molar-refractivity contribution >= 4 is 10.8 Å². The molecule has 9 rings (SSSR count). The lowest BCUT2D eigenvalue weighted by atomic mass is 9.72. The first-order chi connectivity index (χ1) is 28.7. The predicted octanol–water partition coefficient (Wildman–Crippen LogP) is 9.44. The standard InChI is InChI=1S/C49H54O10/c1-55-19-7-14-43-45(47(54)41-26-44(58-35-12-4-5-13-35)39-24-33(52)16-18-38(39)49(41)59-43)42-27-56-48-30(23-36(25-40(48)46(42)53)57-34-10-2-3-11-34)20-29-22-32(51)15-17-37(29)28-8-6-9-31(50)21-28/h6,8-9,15-18,21-26,34-35,42-43,45-47,50-54H,2-5,7,10-14,19-20,27H2,1H3/t42-,43-,45-,46-,47+/m1/s1. The molecule has 5 aromatic carbocycles. The first-order valence-electron chi connectivity index (χ1n) is 21.3. The van der Waals surface area contributed by atoms with Crippen LogP contribution in [0.5, 0.6) is 40.2 Å². The number of methoxy groups -OCH3 is 1. The first-order valence-corrected chi connectivity index (χ1v) is 21.3. The van der Waals surface area contributed by atoms with Crippen LogP contribution in [0.2, 0.25) is 0 Å². The van der Waals surface area contributed by atoms with Crippen LogP contribution in [0.1, 0.15) is 98.7 Å². The molecule has 0 unspecified atom stereocenters. The molecular formula is C49H54O10. The van der Waals surface area contributed by atoms with Crippen molar-refractivity contribution in [2.75, 3.05) is 20.3 Å². The summed E-state index contributed by atoms with van der Waals surface area (Å²) >= 11 is 0. The van der Waals surface area contributed by atoms with Crippen molar-refractivity contribution in [3.63, 3.8) is 0 Å². The Morgan fingerprint density at radius 2 is 1.39 bits per heavy atom. The number of ether oxygens (including phenoxy) is 5. The van der Waals surface area contributed by atoms with Crippen LogP contribution in [-0.2, 0) is 11.2 Å². The average molecular weight is 803 g/mol. The summed E-state index contributed by atoms with van der Waals surface area (Å²) in [5.41, 5.74) is 4.44. The lowest BCUT2D eigenvalue weighted by Crippen LogP contribution is -2.46. The number of rotatable bonds is 12. The SMILES string of the molecule is COCCC[C@H]1Oc2c(cc(OC3CCCC3)c3cc(O)ccc23)[C@H](O)[C@@H]1[C@H]1COc2c(Cc3cc(O)ccc3-c3cccc(O)c3)cc(OC3CCCC3)cc2[C@H]1O. The summed E-state index contributed by atoms with van der Waals surface area (Å²) in [7, 11) is 1.66. The van der Waals surface area contributed by atoms with E-state index in [9.17, 15) is 25.5 Å². The van der Waals surface area contributed by atoms with Gasteiger partial charge in [0.25, 0.3) is 0 Å². The maximum absolute atomic E-state index is 12.6. The van der Waals surface area contributed by atoms with Crippen LogP contribution in [0.25, 0.3) is 21.9 Å². The summed E-state index contributed by atoms with van der Waals surface area (Å²) < 4.78 is 32.3. The van der Waals surface area contributed by atoms with Crippen LogP contribution in [0, 0.1) is 11.8 Å². The zero-order valence-corrected chi connectivity index (χ0v) is 33.5. The molecule has 0 aromatic heterocycles. The van der Waals surface area contributed by atoms with E-state index in [1.54, 1.807) is 49.6 Å². The lowest BCUT2D eigenvalue weighted by molar-refractivity contribution is -0.0884. The van der Waals surface area contributed by atoms with Crippen molar-refractivity contribution < 1.29 is 49.2 Å². The monoisotopic (exact) mass is 802 g/mol. The molecule has 4 aliphatic rings. The molecule has 5 aromatic rings. The second kappa shape index (κ2) is 16.8. The minimum absolute atomic E-state index is 0.0496. The van der Waals surface area contributed by atoms with E-state index in [1.807, 2.05) is 36.4 Å². The summed E-state index contributed by atoms with van der Waals surface area (Å²) in [5, 5.41) is 58.2. The van der Waals surface area contributed by atoms with E-state index in [0.29, 0.717) is 60.0 Å². The Labute approximate surface area is 344 Å². The van der Waals surface area contributed by atoms with Crippen molar-refractivity contribution in [3.8, 4) is 51.4 Å². The summed E-state index contributed by atoms with van der Waals surface area (Å²) in [6.07, 6.45) is 7.34. The molecule has 0 radical (unpaired) electrons. The van der Waals surface area contributed by atoms with E-state index >= 15 is 0 Å². The highest BCUT2D eigenvalue weighted by Gasteiger charge is 2.48. The van der Waals surface area contributed by atoms with Gasteiger partial charge >= 0.3 is 0 Å². The Hall–Kier alpha value is -5.16. The molecule has 0 amide bonds. The Morgan fingerprint density at radius 1 is 0.678 bits per heavy atom. The molecule has 5 N–H and O–H groups in total. The maximum Gasteiger partial charge on any atom is 0.133 e. The van der Waals surface area contributed by atoms with Gasteiger partial charge in [0, 0.05) is 59.4 Å². The molecular weight excluding hydrogens is 749 g/mol. The highest BCUT2D eigenvalue weighted by atomic mass is 16.5. The molecule has 59 heavy (non-hydrogen) atoms. The molecule has 0 saturated heterocycles. The smallest absolute Gasteiger partial charge is 0.133 e. The molecule has 5 atom stereocenters. The van der Waals surface area contributed by atoms with Gasteiger partial charge in [0.05, 0.1) is 31.0 Å². The number of aromatic hydroxyl groups is 3. The van der Waals surface area contributed by atoms with Crippen LogP contribution in [-0.4, -0.2) is 64.2 Å². The fraction of sp³-hybridized carbons (Fsp3) is 0.429. The maximum atomic E-state index is 12.6. The third-order valence-corrected chi connectivity index (χ3v) is 12.9. The Balaban J connectivity index is 1.11. The number of phenolic OH excluding ortho intramolecular Hbond substituents is 3. The van der Waals surface area contributed by atoms with Crippen LogP contribution in [0.3, 0.4) is 0 Å². The van der Waals surface area contributed by atoms with Gasteiger partial charge < -0.3 is 49.2 Å². The summed E-state index contributed by atoms with van der Waals surface area (Å²) in [5.74, 6) is 1.60. The van der Waals surface area contributed by atoms with Gasteiger partial charge in [0.2, 0.25) is 0 Å². The van der Waals surface area contributed by atoms with E-state index < -0.39 is 30.1 Å². The third-order valence-electron chi connectivity index (χ3n) is 12.9. The van der Waals surface area contributed by atoms with Crippen LogP contribution in [0.4, 0.5) is 0 Å². The van der Waals surface area contributed by atoms with Crippen molar-refractivity contribution in [3.05, 3.63) is 101 Å². The Bertz CT molecular complexity index is 2290. The molecule has 0 bridgehead atoms. The fourth-order valence-corrected chi connectivity index (χ4v) is 10.0. The van der Waals surface area contributed by atoms with E-state index in [2.05, 4.69) is 0 Å². The molecule has 2 fully saturated rings. The van der Waals surface area contributed by atoms with Crippen molar-refractivity contribution in [2.45, 2.75) is 101 Å². The van der Waals surface area contributed by atoms with Crippen molar-refractivity contribution in [1.29, 1.82) is 0 Å². The fourth-order valence-electron chi connectivity index (χ4n) is 10.0. The summed E-state index contributed by atoms with van der Waals surface area (Å²) in [4.78, 5) is 0. The molecule has 10 heteroatoms. The molecule has 310 valence electrons. The number of phenols is 3. The molecule has 10 nitrogen and oxygen atoms in total. The van der Waals surface area contributed by atoms with Crippen LogP contribution < -0.4 is 18.9 Å². The molecule has 2 saturated carbocycles. The van der Waals surface area contributed by atoms with Gasteiger partial charge in [-0.2, -0.15) is 0 Å². The largest absolute Gasteiger partial charge is 0.508 e. The molecule has 2 aliphatic heterocycles. The van der Waals surface area contributed by atoms with E-state index in [1.165, 1.54) is 0 Å². The topological polar surface area (TPSA) is 147 Å². The molecule has 2 aliphatic carbocycles. The Morgan fingerprint density at radius 3 is 2.15 bits per heavy atom. The summed E-state index contributed by atoms with van der Waals surface area (Å²) in [6, 6.07) is 23.1. The van der Waals surface area contributed by atoms with Gasteiger partial charge in [0.15, 0.2) is 0 Å². The number of hydrogen-bond donors (Lipinski definition) is 5. The lowest BCUT2D eigenvalue weighted by Gasteiger charge is -2.45. The predicted molar refractivity (Wildman–Crippen MR) is 224 cm³/mol. The van der Waals surface area contributed by atoms with Gasteiger partial charge in [-0.05, 0) is 142 Å². The van der Waals surface area contributed by atoms with Gasteiger partial charge in [0.1, 0.15) is 46.4 Å². The van der Waals surface area contributed by atoms with Gasteiger partial charge in [-0.15, -0.1) is 0 Å². The van der Waals surface area contributed by atoms with Gasteiger partial charge in [-0.1, -0.05) is 18.2 Å². The molecule has 2 heterocycles. The van der Waals surface area contributed by atoms with Crippen molar-refractivity contribution in [2.24, 2.45) is 11.8 Å². The quantitative estimate of drug-likeness (QED) is 0.0773. The van der Waals surface area contributed by atoms with Gasteiger partial charge in [-0.25, -0.2) is 0 Å². The Kier molecular flexibility index (Phi) is 11.2. The minimum atomic E-state index is -1.04. The van der Waals surface area contributed by atoms with E-state index in [0.717, 1.165) is 84.4 Å². The third kappa shape index (κ3) is 7.98. The van der Waals surface area contributed by atoms with E-state index in [4.69, 9.17) is 23.7 Å². The normalized spacial score (nSPS) is 23.1. The van der Waals surface area contributed by atoms with Crippen LogP contribution >= 0.6 is 0 Å².